The molecule has 1 aromatic carbocycles. The number of benzene rings is 1. The number of anilines is 1. The Morgan fingerprint density at radius 1 is 1.62 bits per heavy atom. The minimum atomic E-state index is -0.942. The number of nitrogens with two attached hydrogens (primary N) is 1. The summed E-state index contributed by atoms with van der Waals surface area (Å²) in [7, 11) is 1.91. The van der Waals surface area contributed by atoms with Crippen molar-refractivity contribution >= 4 is 11.7 Å². The summed E-state index contributed by atoms with van der Waals surface area (Å²) in [6.45, 7) is 2.03. The number of para-hydroxylation sites is 1. The van der Waals surface area contributed by atoms with E-state index in [2.05, 4.69) is 0 Å². The molecule has 2 unspecified atom stereocenters. The van der Waals surface area contributed by atoms with Gasteiger partial charge in [0.05, 0.1) is 6.04 Å². The maximum absolute atomic E-state index is 10.9. The second-order valence-corrected chi connectivity index (χ2v) is 4.33. The zero-order chi connectivity index (χ0) is 11.9. The minimum absolute atomic E-state index is 0.145. The predicted octanol–water partition coefficient (Wildman–Crippen LogP) is 0.768. The van der Waals surface area contributed by atoms with Gasteiger partial charge in [0.15, 0.2) is 0 Å². The Bertz CT molecular complexity index is 431. The molecule has 0 bridgehead atoms. The Hall–Kier alpha value is -1.55. The van der Waals surface area contributed by atoms with Crippen LogP contribution < -0.4 is 10.6 Å². The van der Waals surface area contributed by atoms with Crippen LogP contribution in [0.1, 0.15) is 11.1 Å². The quantitative estimate of drug-likeness (QED) is 0.772. The van der Waals surface area contributed by atoms with Gasteiger partial charge >= 0.3 is 5.97 Å². The monoisotopic (exact) mass is 220 g/mol. The number of aliphatic carboxylic acids is 1. The summed E-state index contributed by atoms with van der Waals surface area (Å²) in [6.07, 6.45) is 0.709. The molecule has 0 saturated heterocycles. The molecule has 0 radical (unpaired) electrons. The maximum atomic E-state index is 10.9. The van der Waals surface area contributed by atoms with Crippen molar-refractivity contribution in [2.75, 3.05) is 11.9 Å². The van der Waals surface area contributed by atoms with Gasteiger partial charge in [-0.3, -0.25) is 4.79 Å². The number of nitrogens with zero attached hydrogens (tertiary/aromatic N) is 1. The summed E-state index contributed by atoms with van der Waals surface area (Å²) in [5.41, 5.74) is 9.18. The van der Waals surface area contributed by atoms with Gasteiger partial charge in [-0.15, -0.1) is 0 Å². The van der Waals surface area contributed by atoms with Crippen LogP contribution in [0.2, 0.25) is 0 Å². The van der Waals surface area contributed by atoms with Gasteiger partial charge in [-0.2, -0.15) is 0 Å². The number of carbonyl (C=O) groups is 1. The summed E-state index contributed by atoms with van der Waals surface area (Å²) >= 11 is 0. The minimum Gasteiger partial charge on any atom is -0.480 e. The van der Waals surface area contributed by atoms with Gasteiger partial charge in [0.1, 0.15) is 6.04 Å². The molecular weight excluding hydrogens is 204 g/mol. The molecule has 1 heterocycles. The fourth-order valence-corrected chi connectivity index (χ4v) is 2.45. The van der Waals surface area contributed by atoms with Gasteiger partial charge in [-0.25, -0.2) is 0 Å². The second-order valence-electron chi connectivity index (χ2n) is 4.33. The summed E-state index contributed by atoms with van der Waals surface area (Å²) in [5.74, 6) is -0.942. The summed E-state index contributed by atoms with van der Waals surface area (Å²) in [5, 5.41) is 8.96. The van der Waals surface area contributed by atoms with Crippen molar-refractivity contribution in [2.45, 2.75) is 25.4 Å². The van der Waals surface area contributed by atoms with Gasteiger partial charge < -0.3 is 15.7 Å². The molecule has 4 heteroatoms. The first-order valence-corrected chi connectivity index (χ1v) is 5.32. The largest absolute Gasteiger partial charge is 0.480 e. The third-order valence-corrected chi connectivity index (χ3v) is 3.30. The highest BCUT2D eigenvalue weighted by molar-refractivity contribution is 5.77. The Balaban J connectivity index is 2.34. The Kier molecular flexibility index (Phi) is 2.59. The Labute approximate surface area is 94.7 Å². The van der Waals surface area contributed by atoms with Gasteiger partial charge in [-0.1, -0.05) is 18.2 Å². The van der Waals surface area contributed by atoms with Crippen LogP contribution in [0.5, 0.6) is 0 Å². The van der Waals surface area contributed by atoms with Gasteiger partial charge in [-0.05, 0) is 24.5 Å². The van der Waals surface area contributed by atoms with E-state index in [1.54, 1.807) is 0 Å². The lowest BCUT2D eigenvalue weighted by Gasteiger charge is -2.26. The SMILES string of the molecule is Cc1cccc2c1N(C)C(C(N)C(=O)O)C2. The maximum Gasteiger partial charge on any atom is 0.322 e. The van der Waals surface area contributed by atoms with Crippen molar-refractivity contribution in [1.82, 2.24) is 0 Å². The zero-order valence-electron chi connectivity index (χ0n) is 9.47. The Morgan fingerprint density at radius 2 is 2.31 bits per heavy atom. The van der Waals surface area contributed by atoms with Crippen molar-refractivity contribution in [3.05, 3.63) is 29.3 Å². The normalized spacial score (nSPS) is 20.7. The van der Waals surface area contributed by atoms with E-state index in [0.717, 1.165) is 5.69 Å². The van der Waals surface area contributed by atoms with Crippen molar-refractivity contribution in [1.29, 1.82) is 0 Å². The molecule has 0 fully saturated rings. The summed E-state index contributed by atoms with van der Waals surface area (Å²) < 4.78 is 0. The molecule has 1 aliphatic rings. The van der Waals surface area contributed by atoms with E-state index >= 15 is 0 Å². The van der Waals surface area contributed by atoms with Crippen molar-refractivity contribution < 1.29 is 9.90 Å². The number of likely N-dealkylation sites (N-methyl/N-ethyl adjacent to an activating group) is 1. The summed E-state index contributed by atoms with van der Waals surface area (Å²) in [6, 6.07) is 5.08. The van der Waals surface area contributed by atoms with Crippen LogP contribution in [0.4, 0.5) is 5.69 Å². The average molecular weight is 220 g/mol. The number of hydrogen-bond acceptors (Lipinski definition) is 3. The fraction of sp³-hybridized carbons (Fsp3) is 0.417. The van der Waals surface area contributed by atoms with Gasteiger partial charge in [0.25, 0.3) is 0 Å². The van der Waals surface area contributed by atoms with E-state index < -0.39 is 12.0 Å². The molecule has 0 aromatic heterocycles. The van der Waals surface area contributed by atoms with Crippen molar-refractivity contribution in [3.63, 3.8) is 0 Å². The predicted molar refractivity (Wildman–Crippen MR) is 62.7 cm³/mol. The number of carboxylic acids is 1. The second kappa shape index (κ2) is 3.79. The number of fused-ring (bicyclic) bond motifs is 1. The molecule has 0 spiro atoms. The first-order valence-electron chi connectivity index (χ1n) is 5.32. The fourth-order valence-electron chi connectivity index (χ4n) is 2.45. The smallest absolute Gasteiger partial charge is 0.322 e. The first-order chi connectivity index (χ1) is 7.52. The molecule has 1 aromatic rings. The first kappa shape index (κ1) is 11.0. The lowest BCUT2D eigenvalue weighted by atomic mass is 10.0. The highest BCUT2D eigenvalue weighted by Gasteiger charge is 2.35. The lowest BCUT2D eigenvalue weighted by molar-refractivity contribution is -0.138. The topological polar surface area (TPSA) is 66.6 Å². The highest BCUT2D eigenvalue weighted by Crippen LogP contribution is 2.34. The highest BCUT2D eigenvalue weighted by atomic mass is 16.4. The van der Waals surface area contributed by atoms with Crippen LogP contribution in [0.15, 0.2) is 18.2 Å². The van der Waals surface area contributed by atoms with E-state index in [1.807, 2.05) is 37.1 Å². The molecule has 4 nitrogen and oxygen atoms in total. The third-order valence-electron chi connectivity index (χ3n) is 3.30. The van der Waals surface area contributed by atoms with Crippen LogP contribution in [-0.4, -0.2) is 30.2 Å². The van der Waals surface area contributed by atoms with Gasteiger partial charge in [0, 0.05) is 12.7 Å². The number of hydrogen-bond donors (Lipinski definition) is 2. The van der Waals surface area contributed by atoms with E-state index in [0.29, 0.717) is 6.42 Å². The molecule has 3 N–H and O–H groups in total. The molecule has 1 aliphatic heterocycles. The van der Waals surface area contributed by atoms with Crippen molar-refractivity contribution in [3.8, 4) is 0 Å². The van der Waals surface area contributed by atoms with Gasteiger partial charge in [0.2, 0.25) is 0 Å². The van der Waals surface area contributed by atoms with Crippen molar-refractivity contribution in [2.24, 2.45) is 5.73 Å². The van der Waals surface area contributed by atoms with E-state index in [-0.39, 0.29) is 6.04 Å². The standard InChI is InChI=1S/C12H16N2O2/c1-7-4-3-5-8-6-9(10(13)12(15)16)14(2)11(7)8/h3-5,9-10H,6,13H2,1-2H3,(H,15,16). The molecule has 0 aliphatic carbocycles. The van der Waals surface area contributed by atoms with E-state index in [1.165, 1.54) is 11.1 Å². The molecular formula is C12H16N2O2. The summed E-state index contributed by atoms with van der Waals surface area (Å²) in [4.78, 5) is 12.9. The molecule has 2 atom stereocenters. The number of aryl methyl sites for hydroxylation is 1. The van der Waals surface area contributed by atoms with Crippen LogP contribution in [-0.2, 0) is 11.2 Å². The number of rotatable bonds is 2. The van der Waals surface area contributed by atoms with Crippen LogP contribution in [0.25, 0.3) is 0 Å². The van der Waals surface area contributed by atoms with Crippen LogP contribution in [0, 0.1) is 6.92 Å². The average Bonchev–Trinajstić information content (AvgIpc) is 2.56. The number of carboxylic acid groups (broad SMARTS) is 1. The Morgan fingerprint density at radius 3 is 2.88 bits per heavy atom. The van der Waals surface area contributed by atoms with Crippen LogP contribution in [0.3, 0.4) is 0 Å². The zero-order valence-corrected chi connectivity index (χ0v) is 9.47. The molecule has 2 rings (SSSR count). The molecule has 16 heavy (non-hydrogen) atoms. The lowest BCUT2D eigenvalue weighted by Crippen LogP contribution is -2.49. The van der Waals surface area contributed by atoms with E-state index in [9.17, 15) is 4.79 Å². The molecule has 0 saturated carbocycles. The third kappa shape index (κ3) is 1.55. The molecule has 86 valence electrons. The van der Waals surface area contributed by atoms with E-state index in [4.69, 9.17) is 10.8 Å². The van der Waals surface area contributed by atoms with Crippen LogP contribution >= 0.6 is 0 Å². The molecule has 0 amide bonds.